The van der Waals surface area contributed by atoms with E-state index in [0.29, 0.717) is 30.9 Å². The molecule has 20 heavy (non-hydrogen) atoms. The number of hydrogen-bond acceptors (Lipinski definition) is 4. The maximum absolute atomic E-state index is 11.9. The third-order valence-electron chi connectivity index (χ3n) is 3.18. The Hall–Kier alpha value is -1.92. The fourth-order valence-corrected chi connectivity index (χ4v) is 2.12. The minimum absolute atomic E-state index is 0.00754. The molecule has 1 unspecified atom stereocenters. The van der Waals surface area contributed by atoms with E-state index in [1.165, 1.54) is 6.07 Å². The molecular formula is C14H18N2O4. The molecule has 1 aromatic rings. The molecule has 1 aliphatic heterocycles. The van der Waals surface area contributed by atoms with Gasteiger partial charge in [0.1, 0.15) is 0 Å². The maximum Gasteiger partial charge on any atom is 0.336 e. The molecule has 2 rings (SSSR count). The van der Waals surface area contributed by atoms with Crippen molar-refractivity contribution in [1.82, 2.24) is 5.32 Å². The van der Waals surface area contributed by atoms with E-state index < -0.39 is 5.97 Å². The monoisotopic (exact) mass is 278 g/mol. The van der Waals surface area contributed by atoms with Gasteiger partial charge in [-0.05, 0) is 24.6 Å². The maximum atomic E-state index is 11.9. The Balaban J connectivity index is 1.96. The number of carboxylic acid groups (broad SMARTS) is 1. The van der Waals surface area contributed by atoms with Crippen LogP contribution in [-0.4, -0.2) is 42.8 Å². The molecule has 1 atom stereocenters. The van der Waals surface area contributed by atoms with Crippen molar-refractivity contribution in [2.75, 3.05) is 25.1 Å². The van der Waals surface area contributed by atoms with Crippen LogP contribution in [0.5, 0.6) is 0 Å². The molecule has 0 saturated carbocycles. The van der Waals surface area contributed by atoms with E-state index in [-0.39, 0.29) is 17.5 Å². The van der Waals surface area contributed by atoms with E-state index in [9.17, 15) is 9.59 Å². The molecule has 108 valence electrons. The van der Waals surface area contributed by atoms with Crippen LogP contribution in [0.2, 0.25) is 0 Å². The van der Waals surface area contributed by atoms with Crippen molar-refractivity contribution in [2.24, 2.45) is 0 Å². The molecule has 0 radical (unpaired) electrons. The number of rotatable bonds is 4. The Morgan fingerprint density at radius 3 is 2.95 bits per heavy atom. The Morgan fingerprint density at radius 1 is 1.50 bits per heavy atom. The number of anilines is 1. The predicted molar refractivity (Wildman–Crippen MR) is 74.0 cm³/mol. The van der Waals surface area contributed by atoms with Gasteiger partial charge in [0.25, 0.3) is 0 Å². The highest BCUT2D eigenvalue weighted by atomic mass is 16.5. The van der Waals surface area contributed by atoms with Gasteiger partial charge in [0.15, 0.2) is 0 Å². The van der Waals surface area contributed by atoms with Crippen LogP contribution in [0, 0.1) is 6.92 Å². The number of carbonyl (C=O) groups excluding carboxylic acids is 1. The molecule has 0 bridgehead atoms. The van der Waals surface area contributed by atoms with Crippen LogP contribution in [0.15, 0.2) is 18.2 Å². The van der Waals surface area contributed by atoms with Crippen molar-refractivity contribution in [3.8, 4) is 0 Å². The van der Waals surface area contributed by atoms with Crippen LogP contribution in [0.1, 0.15) is 22.3 Å². The molecule has 0 aromatic heterocycles. The fourth-order valence-electron chi connectivity index (χ4n) is 2.12. The second-order valence-corrected chi connectivity index (χ2v) is 4.81. The SMILES string of the molecule is Cc1ccc(NC(=O)CC2COCCN2)cc1C(=O)O. The number of amides is 1. The van der Waals surface area contributed by atoms with Crippen molar-refractivity contribution in [3.63, 3.8) is 0 Å². The second-order valence-electron chi connectivity index (χ2n) is 4.81. The van der Waals surface area contributed by atoms with Crippen molar-refractivity contribution in [2.45, 2.75) is 19.4 Å². The van der Waals surface area contributed by atoms with Crippen LogP contribution in [0.25, 0.3) is 0 Å². The minimum Gasteiger partial charge on any atom is -0.478 e. The summed E-state index contributed by atoms with van der Waals surface area (Å²) in [7, 11) is 0. The van der Waals surface area contributed by atoms with Crippen LogP contribution in [0.3, 0.4) is 0 Å². The highest BCUT2D eigenvalue weighted by Crippen LogP contribution is 2.16. The fraction of sp³-hybridized carbons (Fsp3) is 0.429. The summed E-state index contributed by atoms with van der Waals surface area (Å²) in [5.41, 5.74) is 1.36. The van der Waals surface area contributed by atoms with E-state index in [1.807, 2.05) is 0 Å². The average Bonchev–Trinajstić information content (AvgIpc) is 2.41. The Bertz CT molecular complexity index is 510. The second kappa shape index (κ2) is 6.49. The van der Waals surface area contributed by atoms with E-state index in [4.69, 9.17) is 9.84 Å². The first kappa shape index (κ1) is 14.5. The molecule has 3 N–H and O–H groups in total. The number of nitrogens with one attached hydrogen (secondary N) is 2. The van der Waals surface area contributed by atoms with Gasteiger partial charge in [-0.1, -0.05) is 6.07 Å². The van der Waals surface area contributed by atoms with Gasteiger partial charge in [-0.2, -0.15) is 0 Å². The van der Waals surface area contributed by atoms with Gasteiger partial charge in [-0.15, -0.1) is 0 Å². The van der Waals surface area contributed by atoms with Crippen molar-refractivity contribution in [1.29, 1.82) is 0 Å². The first-order chi connectivity index (χ1) is 9.56. The lowest BCUT2D eigenvalue weighted by Gasteiger charge is -2.23. The molecule has 1 amide bonds. The van der Waals surface area contributed by atoms with E-state index in [2.05, 4.69) is 10.6 Å². The molecule has 1 saturated heterocycles. The summed E-state index contributed by atoms with van der Waals surface area (Å²) < 4.78 is 5.28. The molecule has 6 heteroatoms. The quantitative estimate of drug-likeness (QED) is 0.765. The molecule has 0 spiro atoms. The molecule has 1 aliphatic rings. The summed E-state index contributed by atoms with van der Waals surface area (Å²) in [5, 5.41) is 15.0. The molecule has 1 heterocycles. The normalized spacial score (nSPS) is 18.6. The van der Waals surface area contributed by atoms with Gasteiger partial charge in [0.05, 0.1) is 18.8 Å². The molecule has 1 aromatic carbocycles. The molecule has 1 fully saturated rings. The van der Waals surface area contributed by atoms with Crippen LogP contribution in [-0.2, 0) is 9.53 Å². The van der Waals surface area contributed by atoms with Gasteiger partial charge >= 0.3 is 5.97 Å². The smallest absolute Gasteiger partial charge is 0.336 e. The van der Waals surface area contributed by atoms with Gasteiger partial charge in [-0.3, -0.25) is 4.79 Å². The molecule has 0 aliphatic carbocycles. The standard InChI is InChI=1S/C14H18N2O4/c1-9-2-3-10(6-12(9)14(18)19)16-13(17)7-11-8-20-5-4-15-11/h2-3,6,11,15H,4-5,7-8H2,1H3,(H,16,17)(H,18,19). The lowest BCUT2D eigenvalue weighted by atomic mass is 10.1. The van der Waals surface area contributed by atoms with Crippen LogP contribution in [0.4, 0.5) is 5.69 Å². The first-order valence-corrected chi connectivity index (χ1v) is 6.51. The summed E-state index contributed by atoms with van der Waals surface area (Å²) >= 11 is 0. The Morgan fingerprint density at radius 2 is 2.30 bits per heavy atom. The summed E-state index contributed by atoms with van der Waals surface area (Å²) in [6.45, 7) is 3.64. The van der Waals surface area contributed by atoms with Gasteiger partial charge < -0.3 is 20.5 Å². The highest BCUT2D eigenvalue weighted by molar-refractivity contribution is 5.94. The first-order valence-electron chi connectivity index (χ1n) is 6.51. The van der Waals surface area contributed by atoms with E-state index >= 15 is 0 Å². The molecular weight excluding hydrogens is 260 g/mol. The van der Waals surface area contributed by atoms with Crippen LogP contribution >= 0.6 is 0 Å². The summed E-state index contributed by atoms with van der Waals surface area (Å²) in [5.74, 6) is -1.16. The predicted octanol–water partition coefficient (Wildman–Crippen LogP) is 1.01. The van der Waals surface area contributed by atoms with Gasteiger partial charge in [-0.25, -0.2) is 4.79 Å². The molecule has 6 nitrogen and oxygen atoms in total. The summed E-state index contributed by atoms with van der Waals surface area (Å²) in [6, 6.07) is 4.86. The Kier molecular flexibility index (Phi) is 4.70. The largest absolute Gasteiger partial charge is 0.478 e. The number of benzene rings is 1. The van der Waals surface area contributed by atoms with Gasteiger partial charge in [0, 0.05) is 24.7 Å². The van der Waals surface area contributed by atoms with Crippen LogP contribution < -0.4 is 10.6 Å². The average molecular weight is 278 g/mol. The number of aryl methyl sites for hydroxylation is 1. The van der Waals surface area contributed by atoms with E-state index in [1.54, 1.807) is 19.1 Å². The van der Waals surface area contributed by atoms with Gasteiger partial charge in [0.2, 0.25) is 5.91 Å². The zero-order valence-electron chi connectivity index (χ0n) is 11.3. The van der Waals surface area contributed by atoms with Crippen molar-refractivity contribution in [3.05, 3.63) is 29.3 Å². The zero-order valence-corrected chi connectivity index (χ0v) is 11.3. The number of carbonyl (C=O) groups is 2. The summed E-state index contributed by atoms with van der Waals surface area (Å²) in [6.07, 6.45) is 0.302. The number of carboxylic acids is 1. The lowest BCUT2D eigenvalue weighted by Crippen LogP contribution is -2.43. The van der Waals surface area contributed by atoms with E-state index in [0.717, 1.165) is 6.54 Å². The zero-order chi connectivity index (χ0) is 14.5. The van der Waals surface area contributed by atoms with Crippen molar-refractivity contribution < 1.29 is 19.4 Å². The highest BCUT2D eigenvalue weighted by Gasteiger charge is 2.17. The lowest BCUT2D eigenvalue weighted by molar-refractivity contribution is -0.117. The van der Waals surface area contributed by atoms with Crippen molar-refractivity contribution >= 4 is 17.6 Å². The third kappa shape index (κ3) is 3.79. The third-order valence-corrected chi connectivity index (χ3v) is 3.18. The number of hydrogen-bond donors (Lipinski definition) is 3. The number of morpholine rings is 1. The topological polar surface area (TPSA) is 87.7 Å². The number of ether oxygens (including phenoxy) is 1. The Labute approximate surface area is 117 Å². The minimum atomic E-state index is -0.999. The summed E-state index contributed by atoms with van der Waals surface area (Å²) in [4.78, 5) is 22.9. The number of aromatic carboxylic acids is 1.